The molecule has 0 aromatic carbocycles. The van der Waals surface area contributed by atoms with Crippen molar-refractivity contribution in [3.8, 4) is 0 Å². The third kappa shape index (κ3) is 2.40. The van der Waals surface area contributed by atoms with Gasteiger partial charge < -0.3 is 15.0 Å². The van der Waals surface area contributed by atoms with Crippen LogP contribution in [0.5, 0.6) is 0 Å². The Hall–Kier alpha value is -0.870. The van der Waals surface area contributed by atoms with E-state index in [0.29, 0.717) is 0 Å². The molecule has 0 saturated heterocycles. The van der Waals surface area contributed by atoms with Crippen molar-refractivity contribution in [3.63, 3.8) is 0 Å². The Balaban J connectivity index is 2.09. The molecule has 2 aliphatic rings. The third-order valence-electron chi connectivity index (χ3n) is 4.62. The molecule has 20 heavy (non-hydrogen) atoms. The van der Waals surface area contributed by atoms with E-state index in [-0.39, 0.29) is 17.6 Å². The Kier molecular flexibility index (Phi) is 3.63. The predicted molar refractivity (Wildman–Crippen MR) is 79.8 cm³/mol. The summed E-state index contributed by atoms with van der Waals surface area (Å²) in [5, 5.41) is 13.9. The van der Waals surface area contributed by atoms with Gasteiger partial charge in [-0.15, -0.1) is 0 Å². The molecule has 1 aromatic heterocycles. The molecule has 4 heteroatoms. The van der Waals surface area contributed by atoms with Gasteiger partial charge in [0.1, 0.15) is 5.82 Å². The maximum atomic E-state index is 10.5. The summed E-state index contributed by atoms with van der Waals surface area (Å²) in [5.74, 6) is 1.15. The topological polar surface area (TPSA) is 50.1 Å². The van der Waals surface area contributed by atoms with E-state index in [9.17, 15) is 5.11 Å². The summed E-state index contributed by atoms with van der Waals surface area (Å²) in [6.45, 7) is 8.55. The van der Waals surface area contributed by atoms with Gasteiger partial charge in [0.05, 0.1) is 17.8 Å². The maximum Gasteiger partial charge on any atom is 0.115 e. The minimum atomic E-state index is -0.210. The molecule has 0 spiro atoms. The number of aliphatic hydroxyl groups is 1. The van der Waals surface area contributed by atoms with Crippen LogP contribution in [0, 0.1) is 0 Å². The number of hydrogen-bond acceptors (Lipinski definition) is 3. The van der Waals surface area contributed by atoms with Gasteiger partial charge in [0.25, 0.3) is 0 Å². The first kappa shape index (κ1) is 14.1. The van der Waals surface area contributed by atoms with E-state index in [2.05, 4.69) is 30.7 Å². The van der Waals surface area contributed by atoms with Crippen molar-refractivity contribution in [2.75, 3.05) is 6.54 Å². The lowest BCUT2D eigenvalue weighted by atomic mass is 9.89. The summed E-state index contributed by atoms with van der Waals surface area (Å²) < 4.78 is 2.40. The van der Waals surface area contributed by atoms with Crippen molar-refractivity contribution < 1.29 is 5.11 Å². The van der Waals surface area contributed by atoms with Crippen LogP contribution in [0.3, 0.4) is 0 Å². The number of imidazole rings is 1. The molecule has 1 saturated carbocycles. The zero-order chi connectivity index (χ0) is 14.3. The zero-order valence-corrected chi connectivity index (χ0v) is 12.9. The number of hydrogen-bond donors (Lipinski definition) is 2. The molecule has 2 atom stereocenters. The van der Waals surface area contributed by atoms with Crippen molar-refractivity contribution in [3.05, 3.63) is 17.2 Å². The maximum absolute atomic E-state index is 10.5. The van der Waals surface area contributed by atoms with Crippen LogP contribution in [0.15, 0.2) is 0 Å². The average Bonchev–Trinajstić information content (AvgIpc) is 2.79. The Labute approximate surface area is 121 Å². The van der Waals surface area contributed by atoms with Gasteiger partial charge in [-0.1, -0.05) is 33.6 Å². The SMILES string of the molecule is CC(C)(C)c1nc2c(n1C1CCCCC1O)CCNC2. The second kappa shape index (κ2) is 5.15. The monoisotopic (exact) mass is 277 g/mol. The number of nitrogens with zero attached hydrogens (tertiary/aromatic N) is 2. The molecule has 2 N–H and O–H groups in total. The molecule has 4 nitrogen and oxygen atoms in total. The lowest BCUT2D eigenvalue weighted by molar-refractivity contribution is 0.0712. The summed E-state index contributed by atoms with van der Waals surface area (Å²) in [7, 11) is 0. The summed E-state index contributed by atoms with van der Waals surface area (Å²) in [6, 6.07) is 0.229. The molecule has 1 aliphatic heterocycles. The highest BCUT2D eigenvalue weighted by molar-refractivity contribution is 5.25. The van der Waals surface area contributed by atoms with Crippen molar-refractivity contribution in [1.29, 1.82) is 0 Å². The fourth-order valence-corrected chi connectivity index (χ4v) is 3.61. The van der Waals surface area contributed by atoms with Gasteiger partial charge in [0.15, 0.2) is 0 Å². The molecule has 112 valence electrons. The van der Waals surface area contributed by atoms with E-state index >= 15 is 0 Å². The number of fused-ring (bicyclic) bond motifs is 1. The minimum Gasteiger partial charge on any atom is -0.391 e. The van der Waals surface area contributed by atoms with Crippen molar-refractivity contribution in [1.82, 2.24) is 14.9 Å². The predicted octanol–water partition coefficient (Wildman–Crippen LogP) is 2.30. The molecule has 2 heterocycles. The lowest BCUT2D eigenvalue weighted by Crippen LogP contribution is -2.34. The Morgan fingerprint density at radius 1 is 1.25 bits per heavy atom. The molecule has 0 bridgehead atoms. The van der Waals surface area contributed by atoms with Crippen LogP contribution in [0.4, 0.5) is 0 Å². The molecule has 2 unspecified atom stereocenters. The van der Waals surface area contributed by atoms with Crippen LogP contribution in [-0.2, 0) is 18.4 Å². The molecule has 1 fully saturated rings. The number of aromatic nitrogens is 2. The van der Waals surface area contributed by atoms with Crippen molar-refractivity contribution >= 4 is 0 Å². The van der Waals surface area contributed by atoms with Gasteiger partial charge >= 0.3 is 0 Å². The van der Waals surface area contributed by atoms with E-state index in [1.807, 2.05) is 0 Å². The van der Waals surface area contributed by atoms with E-state index in [4.69, 9.17) is 4.98 Å². The molecule has 0 amide bonds. The Morgan fingerprint density at radius 2 is 2.00 bits per heavy atom. The normalized spacial score (nSPS) is 27.4. The first-order chi connectivity index (χ1) is 9.48. The van der Waals surface area contributed by atoms with E-state index < -0.39 is 0 Å². The molecule has 1 aliphatic carbocycles. The van der Waals surface area contributed by atoms with E-state index in [0.717, 1.165) is 44.6 Å². The number of aliphatic hydroxyl groups excluding tert-OH is 1. The van der Waals surface area contributed by atoms with Gasteiger partial charge in [-0.25, -0.2) is 4.98 Å². The van der Waals surface area contributed by atoms with Gasteiger partial charge in [-0.3, -0.25) is 0 Å². The first-order valence-corrected chi connectivity index (χ1v) is 7.97. The lowest BCUT2D eigenvalue weighted by Gasteiger charge is -2.34. The minimum absolute atomic E-state index is 0.0223. The first-order valence-electron chi connectivity index (χ1n) is 7.97. The van der Waals surface area contributed by atoms with Gasteiger partial charge in [-0.05, 0) is 12.8 Å². The van der Waals surface area contributed by atoms with Crippen LogP contribution in [0.1, 0.15) is 69.7 Å². The Morgan fingerprint density at radius 3 is 2.70 bits per heavy atom. The second-order valence-corrected chi connectivity index (χ2v) is 7.29. The van der Waals surface area contributed by atoms with Gasteiger partial charge in [0.2, 0.25) is 0 Å². The highest BCUT2D eigenvalue weighted by Crippen LogP contribution is 2.36. The highest BCUT2D eigenvalue weighted by Gasteiger charge is 2.34. The zero-order valence-electron chi connectivity index (χ0n) is 12.9. The van der Waals surface area contributed by atoms with Gasteiger partial charge in [-0.2, -0.15) is 0 Å². The second-order valence-electron chi connectivity index (χ2n) is 7.29. The molecule has 0 radical (unpaired) electrons. The fourth-order valence-electron chi connectivity index (χ4n) is 3.61. The molecule has 3 rings (SSSR count). The van der Waals surface area contributed by atoms with Crippen LogP contribution in [0.25, 0.3) is 0 Å². The van der Waals surface area contributed by atoms with E-state index in [1.165, 1.54) is 17.8 Å². The average molecular weight is 277 g/mol. The smallest absolute Gasteiger partial charge is 0.115 e. The Bertz CT molecular complexity index is 487. The summed E-state index contributed by atoms with van der Waals surface area (Å²) in [6.07, 6.45) is 5.21. The number of nitrogens with one attached hydrogen (secondary N) is 1. The van der Waals surface area contributed by atoms with Crippen molar-refractivity contribution in [2.45, 2.75) is 77.0 Å². The highest BCUT2D eigenvalue weighted by atomic mass is 16.3. The van der Waals surface area contributed by atoms with Crippen LogP contribution >= 0.6 is 0 Å². The van der Waals surface area contributed by atoms with Crippen LogP contribution in [0.2, 0.25) is 0 Å². The largest absolute Gasteiger partial charge is 0.391 e. The quantitative estimate of drug-likeness (QED) is 0.828. The fraction of sp³-hybridized carbons (Fsp3) is 0.812. The summed E-state index contributed by atoms with van der Waals surface area (Å²) >= 11 is 0. The third-order valence-corrected chi connectivity index (χ3v) is 4.62. The molecular formula is C16H27N3O. The summed E-state index contributed by atoms with van der Waals surface area (Å²) in [4.78, 5) is 4.92. The van der Waals surface area contributed by atoms with E-state index in [1.54, 1.807) is 0 Å². The number of rotatable bonds is 1. The summed E-state index contributed by atoms with van der Waals surface area (Å²) in [5.41, 5.74) is 2.58. The van der Waals surface area contributed by atoms with Crippen molar-refractivity contribution in [2.24, 2.45) is 0 Å². The molecule has 1 aromatic rings. The molecular weight excluding hydrogens is 250 g/mol. The standard InChI is InChI=1S/C16H27N3O/c1-16(2,3)15-18-11-10-17-9-8-12(11)19(15)13-6-4-5-7-14(13)20/h13-14,17,20H,4-10H2,1-3H3. The van der Waals surface area contributed by atoms with Crippen LogP contribution in [-0.4, -0.2) is 27.3 Å². The van der Waals surface area contributed by atoms with Crippen LogP contribution < -0.4 is 5.32 Å². The van der Waals surface area contributed by atoms with Gasteiger partial charge in [0, 0.05) is 30.6 Å².